The van der Waals surface area contributed by atoms with E-state index >= 15 is 0 Å². The highest BCUT2D eigenvalue weighted by Gasteiger charge is 2.22. The van der Waals surface area contributed by atoms with Crippen LogP contribution in [-0.4, -0.2) is 41.7 Å². The number of carbonyl (C=O) groups is 2. The minimum absolute atomic E-state index is 0.209. The van der Waals surface area contributed by atoms with Gasteiger partial charge in [-0.15, -0.1) is 22.7 Å². The van der Waals surface area contributed by atoms with Crippen LogP contribution in [-0.2, 0) is 9.53 Å². The topological polar surface area (TPSA) is 88.5 Å². The van der Waals surface area contributed by atoms with Crippen molar-refractivity contribution in [3.8, 4) is 9.88 Å². The Hall–Kier alpha value is -1.77. The second-order valence-electron chi connectivity index (χ2n) is 3.75. The van der Waals surface area contributed by atoms with Gasteiger partial charge in [-0.05, 0) is 11.4 Å². The number of carbonyl (C=O) groups excluding carboxylic acids is 2. The molecule has 2 N–H and O–H groups in total. The maximum atomic E-state index is 11.9. The van der Waals surface area contributed by atoms with Crippen LogP contribution in [0.3, 0.4) is 0 Å². The zero-order chi connectivity index (χ0) is 14.5. The number of amides is 1. The number of aliphatic hydroxyl groups excluding tert-OH is 1. The Morgan fingerprint density at radius 1 is 1.50 bits per heavy atom. The zero-order valence-electron chi connectivity index (χ0n) is 10.5. The number of thiophene rings is 1. The van der Waals surface area contributed by atoms with Crippen LogP contribution >= 0.6 is 22.7 Å². The number of aromatic nitrogens is 1. The van der Waals surface area contributed by atoms with Gasteiger partial charge in [-0.3, -0.25) is 4.79 Å². The Morgan fingerprint density at radius 3 is 2.90 bits per heavy atom. The summed E-state index contributed by atoms with van der Waals surface area (Å²) >= 11 is 2.87. The summed E-state index contributed by atoms with van der Waals surface area (Å²) < 4.78 is 4.47. The van der Waals surface area contributed by atoms with E-state index < -0.39 is 24.5 Å². The van der Waals surface area contributed by atoms with E-state index in [0.717, 1.165) is 9.88 Å². The molecule has 0 radical (unpaired) electrons. The lowest BCUT2D eigenvalue weighted by molar-refractivity contribution is -0.143. The number of rotatable bonds is 5. The van der Waals surface area contributed by atoms with Gasteiger partial charge in [0.15, 0.2) is 6.04 Å². The monoisotopic (exact) mass is 312 g/mol. The maximum Gasteiger partial charge on any atom is 0.330 e. The molecule has 0 fully saturated rings. The SMILES string of the molecule is COC(=O)C(CO)NC(=O)c1csc(-c2cccs2)n1. The molecule has 2 aromatic heterocycles. The van der Waals surface area contributed by atoms with Crippen molar-refractivity contribution < 1.29 is 19.4 Å². The van der Waals surface area contributed by atoms with Crippen LogP contribution in [0.2, 0.25) is 0 Å². The molecule has 0 spiro atoms. The Labute approximate surface area is 123 Å². The van der Waals surface area contributed by atoms with Crippen molar-refractivity contribution in [3.05, 3.63) is 28.6 Å². The molecule has 1 atom stereocenters. The molecule has 0 aliphatic rings. The summed E-state index contributed by atoms with van der Waals surface area (Å²) in [5, 5.41) is 15.7. The van der Waals surface area contributed by atoms with Gasteiger partial charge in [0.2, 0.25) is 0 Å². The molecular weight excluding hydrogens is 300 g/mol. The molecule has 6 nitrogen and oxygen atoms in total. The van der Waals surface area contributed by atoms with Crippen LogP contribution in [0, 0.1) is 0 Å². The average Bonchev–Trinajstić information content (AvgIpc) is 3.13. The van der Waals surface area contributed by atoms with E-state index in [9.17, 15) is 9.59 Å². The Balaban J connectivity index is 2.08. The number of aliphatic hydroxyl groups is 1. The molecule has 20 heavy (non-hydrogen) atoms. The fourth-order valence-corrected chi connectivity index (χ4v) is 3.06. The van der Waals surface area contributed by atoms with Gasteiger partial charge in [0.05, 0.1) is 18.6 Å². The maximum absolute atomic E-state index is 11.9. The third kappa shape index (κ3) is 3.21. The Morgan fingerprint density at radius 2 is 2.30 bits per heavy atom. The largest absolute Gasteiger partial charge is 0.467 e. The standard InChI is InChI=1S/C12H12N2O4S2/c1-18-12(17)7(5-15)13-10(16)8-6-20-11(14-8)9-3-2-4-19-9/h2-4,6-7,15H,5H2,1H3,(H,13,16). The summed E-state index contributed by atoms with van der Waals surface area (Å²) in [7, 11) is 1.19. The minimum Gasteiger partial charge on any atom is -0.467 e. The van der Waals surface area contributed by atoms with Gasteiger partial charge in [0, 0.05) is 5.38 Å². The molecule has 2 heterocycles. The van der Waals surface area contributed by atoms with Crippen LogP contribution in [0.15, 0.2) is 22.9 Å². The van der Waals surface area contributed by atoms with Gasteiger partial charge in [-0.1, -0.05) is 6.07 Å². The number of thiazole rings is 1. The lowest BCUT2D eigenvalue weighted by atomic mass is 10.3. The van der Waals surface area contributed by atoms with E-state index in [-0.39, 0.29) is 5.69 Å². The lowest BCUT2D eigenvalue weighted by Gasteiger charge is -2.12. The van der Waals surface area contributed by atoms with Gasteiger partial charge in [0.25, 0.3) is 5.91 Å². The summed E-state index contributed by atoms with van der Waals surface area (Å²) in [6, 6.07) is 2.73. The molecule has 1 unspecified atom stereocenters. The van der Waals surface area contributed by atoms with Gasteiger partial charge >= 0.3 is 5.97 Å². The summed E-state index contributed by atoms with van der Waals surface area (Å²) in [5.41, 5.74) is 0.209. The van der Waals surface area contributed by atoms with Crippen molar-refractivity contribution in [2.75, 3.05) is 13.7 Å². The van der Waals surface area contributed by atoms with Crippen LogP contribution in [0.1, 0.15) is 10.5 Å². The van der Waals surface area contributed by atoms with E-state index in [1.54, 1.807) is 5.38 Å². The van der Waals surface area contributed by atoms with E-state index in [4.69, 9.17) is 5.11 Å². The number of nitrogens with one attached hydrogen (secondary N) is 1. The Bertz CT molecular complexity index is 594. The highest BCUT2D eigenvalue weighted by Crippen LogP contribution is 2.27. The first-order chi connectivity index (χ1) is 9.65. The zero-order valence-corrected chi connectivity index (χ0v) is 12.2. The van der Waals surface area contributed by atoms with Crippen molar-refractivity contribution in [2.24, 2.45) is 0 Å². The number of hydrogen-bond acceptors (Lipinski definition) is 7. The first-order valence-corrected chi connectivity index (χ1v) is 7.40. The quantitative estimate of drug-likeness (QED) is 0.808. The average molecular weight is 312 g/mol. The lowest BCUT2D eigenvalue weighted by Crippen LogP contribution is -2.44. The molecular formula is C12H12N2O4S2. The van der Waals surface area contributed by atoms with Crippen LogP contribution in [0.25, 0.3) is 9.88 Å². The van der Waals surface area contributed by atoms with Crippen molar-refractivity contribution >= 4 is 34.6 Å². The van der Waals surface area contributed by atoms with Crippen LogP contribution < -0.4 is 5.32 Å². The van der Waals surface area contributed by atoms with Gasteiger partial charge in [-0.2, -0.15) is 0 Å². The highest BCUT2D eigenvalue weighted by atomic mass is 32.1. The number of esters is 1. The molecule has 0 saturated heterocycles. The second-order valence-corrected chi connectivity index (χ2v) is 5.55. The van der Waals surface area contributed by atoms with E-state index in [1.165, 1.54) is 29.8 Å². The number of nitrogens with zero attached hydrogens (tertiary/aromatic N) is 1. The molecule has 0 aromatic carbocycles. The van der Waals surface area contributed by atoms with E-state index in [2.05, 4.69) is 15.0 Å². The van der Waals surface area contributed by atoms with Crippen molar-refractivity contribution in [3.63, 3.8) is 0 Å². The third-order valence-electron chi connectivity index (χ3n) is 2.44. The normalized spacial score (nSPS) is 11.9. The molecule has 106 valence electrons. The molecule has 0 aliphatic heterocycles. The molecule has 0 bridgehead atoms. The molecule has 0 saturated carbocycles. The number of hydrogen-bond donors (Lipinski definition) is 2. The van der Waals surface area contributed by atoms with Gasteiger partial charge in [0.1, 0.15) is 10.7 Å². The van der Waals surface area contributed by atoms with Crippen LogP contribution in [0.4, 0.5) is 0 Å². The molecule has 2 aromatic rings. The fraction of sp³-hybridized carbons (Fsp3) is 0.250. The van der Waals surface area contributed by atoms with Crippen molar-refractivity contribution in [1.29, 1.82) is 0 Å². The smallest absolute Gasteiger partial charge is 0.330 e. The molecule has 0 aliphatic carbocycles. The van der Waals surface area contributed by atoms with Crippen LogP contribution in [0.5, 0.6) is 0 Å². The Kier molecular flexibility index (Phi) is 4.83. The third-order valence-corrected chi connectivity index (χ3v) is 4.32. The van der Waals surface area contributed by atoms with Gasteiger partial charge in [-0.25, -0.2) is 9.78 Å². The predicted molar refractivity (Wildman–Crippen MR) is 75.8 cm³/mol. The van der Waals surface area contributed by atoms with E-state index in [0.29, 0.717) is 0 Å². The first-order valence-electron chi connectivity index (χ1n) is 5.64. The summed E-state index contributed by atoms with van der Waals surface area (Å²) in [6.45, 7) is -0.527. The summed E-state index contributed by atoms with van der Waals surface area (Å²) in [6.07, 6.45) is 0. The molecule has 8 heteroatoms. The fourth-order valence-electron chi connectivity index (χ4n) is 1.44. The highest BCUT2D eigenvalue weighted by molar-refractivity contribution is 7.20. The summed E-state index contributed by atoms with van der Waals surface area (Å²) in [4.78, 5) is 28.4. The second kappa shape index (κ2) is 6.60. The number of methoxy groups -OCH3 is 1. The van der Waals surface area contributed by atoms with Crippen molar-refractivity contribution in [1.82, 2.24) is 10.3 Å². The van der Waals surface area contributed by atoms with Gasteiger partial charge < -0.3 is 15.2 Å². The molecule has 2 rings (SSSR count). The first kappa shape index (κ1) is 14.6. The summed E-state index contributed by atoms with van der Waals surface area (Å²) in [5.74, 6) is -1.22. The minimum atomic E-state index is -1.08. The number of ether oxygens (including phenoxy) is 1. The molecule has 1 amide bonds. The van der Waals surface area contributed by atoms with Crippen molar-refractivity contribution in [2.45, 2.75) is 6.04 Å². The predicted octanol–water partition coefficient (Wildman–Crippen LogP) is 1.14. The van der Waals surface area contributed by atoms with E-state index in [1.807, 2.05) is 17.5 Å².